The van der Waals surface area contributed by atoms with Crippen LogP contribution in [0.3, 0.4) is 0 Å². The fourth-order valence-electron chi connectivity index (χ4n) is 1.85. The van der Waals surface area contributed by atoms with E-state index in [4.69, 9.17) is 15.7 Å². The molecule has 0 aliphatic heterocycles. The van der Waals surface area contributed by atoms with Crippen LogP contribution >= 0.6 is 0 Å². The smallest absolute Gasteiger partial charge is 0.150 e. The maximum absolute atomic E-state index is 8.78. The number of rotatable bonds is 4. The van der Waals surface area contributed by atoms with Crippen molar-refractivity contribution in [1.82, 2.24) is 0 Å². The van der Waals surface area contributed by atoms with Gasteiger partial charge in [0, 0.05) is 0 Å². The van der Waals surface area contributed by atoms with E-state index in [1.54, 1.807) is 18.2 Å². The Hall–Kier alpha value is -2.47. The molecule has 0 bridgehead atoms. The average Bonchev–Trinajstić information content (AvgIpc) is 2.43. The van der Waals surface area contributed by atoms with Gasteiger partial charge in [-0.25, -0.2) is 0 Å². The van der Waals surface area contributed by atoms with Gasteiger partial charge in [-0.3, -0.25) is 0 Å². The Kier molecular flexibility index (Phi) is 4.04. The zero-order valence-electron chi connectivity index (χ0n) is 10.9. The first-order chi connectivity index (χ1) is 9.22. The van der Waals surface area contributed by atoms with Crippen molar-refractivity contribution in [1.29, 1.82) is 5.26 Å². The third-order valence-corrected chi connectivity index (χ3v) is 2.83. The minimum Gasteiger partial charge on any atom is -0.455 e. The van der Waals surface area contributed by atoms with E-state index < -0.39 is 0 Å². The van der Waals surface area contributed by atoms with E-state index in [1.165, 1.54) is 5.56 Å². The summed E-state index contributed by atoms with van der Waals surface area (Å²) in [4.78, 5) is 0. The molecule has 0 radical (unpaired) electrons. The van der Waals surface area contributed by atoms with Gasteiger partial charge in [-0.05, 0) is 42.3 Å². The van der Waals surface area contributed by atoms with E-state index in [9.17, 15) is 0 Å². The number of ether oxygens (including phenoxy) is 1. The van der Waals surface area contributed by atoms with E-state index in [1.807, 2.05) is 18.2 Å². The van der Waals surface area contributed by atoms with Crippen LogP contribution in [0.25, 0.3) is 0 Å². The van der Waals surface area contributed by atoms with E-state index in [-0.39, 0.29) is 0 Å². The summed E-state index contributed by atoms with van der Waals surface area (Å²) in [5, 5.41) is 8.78. The first-order valence-corrected chi connectivity index (χ1v) is 6.29. The zero-order chi connectivity index (χ0) is 13.7. The van der Waals surface area contributed by atoms with E-state index in [2.05, 4.69) is 19.1 Å². The Labute approximate surface area is 113 Å². The number of nitriles is 1. The highest BCUT2D eigenvalue weighted by molar-refractivity contribution is 5.57. The molecule has 0 amide bonds. The Morgan fingerprint density at radius 2 is 1.89 bits per heavy atom. The lowest BCUT2D eigenvalue weighted by Gasteiger charge is -2.09. The highest BCUT2D eigenvalue weighted by atomic mass is 16.5. The first-order valence-electron chi connectivity index (χ1n) is 6.29. The highest BCUT2D eigenvalue weighted by Gasteiger charge is 2.03. The van der Waals surface area contributed by atoms with Gasteiger partial charge in [-0.15, -0.1) is 0 Å². The number of hydrogen-bond acceptors (Lipinski definition) is 3. The summed E-state index contributed by atoms with van der Waals surface area (Å²) in [6.45, 7) is 2.15. The van der Waals surface area contributed by atoms with Crippen molar-refractivity contribution in [3.8, 4) is 17.6 Å². The van der Waals surface area contributed by atoms with Gasteiger partial charge in [0.1, 0.15) is 11.5 Å². The van der Waals surface area contributed by atoms with Crippen molar-refractivity contribution >= 4 is 5.69 Å². The molecule has 0 heterocycles. The molecule has 0 atom stereocenters. The first kappa shape index (κ1) is 13.0. The summed E-state index contributed by atoms with van der Waals surface area (Å²) in [5.41, 5.74) is 8.14. The van der Waals surface area contributed by atoms with Crippen molar-refractivity contribution in [3.63, 3.8) is 0 Å². The molecule has 3 heteroatoms. The van der Waals surface area contributed by atoms with Gasteiger partial charge in [0.2, 0.25) is 0 Å². The summed E-state index contributed by atoms with van der Waals surface area (Å²) >= 11 is 0. The van der Waals surface area contributed by atoms with Crippen molar-refractivity contribution in [2.45, 2.75) is 19.8 Å². The van der Waals surface area contributed by atoms with Crippen LogP contribution in [0.2, 0.25) is 0 Å². The molecule has 0 aliphatic rings. The second-order valence-electron chi connectivity index (χ2n) is 4.36. The van der Waals surface area contributed by atoms with Gasteiger partial charge in [-0.2, -0.15) is 5.26 Å². The van der Waals surface area contributed by atoms with Crippen LogP contribution in [-0.4, -0.2) is 0 Å². The Balaban J connectivity index is 2.15. The molecule has 2 aromatic carbocycles. The summed E-state index contributed by atoms with van der Waals surface area (Å²) < 4.78 is 5.71. The van der Waals surface area contributed by atoms with Crippen LogP contribution in [0.4, 0.5) is 5.69 Å². The number of aryl methyl sites for hydroxylation is 1. The summed E-state index contributed by atoms with van der Waals surface area (Å²) in [6.07, 6.45) is 2.20. The third kappa shape index (κ3) is 3.26. The topological polar surface area (TPSA) is 59.0 Å². The van der Waals surface area contributed by atoms with Gasteiger partial charge in [-0.1, -0.05) is 25.5 Å². The molecule has 3 nitrogen and oxygen atoms in total. The molecule has 2 aromatic rings. The standard InChI is InChI=1S/C16H16N2O/c1-2-3-12-4-7-14(8-5-12)19-16-9-6-13(11-17)10-15(16)18/h4-10H,2-3,18H2,1H3. The molecule has 0 fully saturated rings. The number of benzene rings is 2. The predicted octanol–water partition coefficient (Wildman–Crippen LogP) is 3.89. The Morgan fingerprint density at radius 3 is 2.47 bits per heavy atom. The summed E-state index contributed by atoms with van der Waals surface area (Å²) in [6, 6.07) is 15.0. The SMILES string of the molecule is CCCc1ccc(Oc2ccc(C#N)cc2N)cc1. The lowest BCUT2D eigenvalue weighted by atomic mass is 10.1. The fraction of sp³-hybridized carbons (Fsp3) is 0.188. The molecular weight excluding hydrogens is 236 g/mol. The molecule has 96 valence electrons. The number of anilines is 1. The zero-order valence-corrected chi connectivity index (χ0v) is 10.9. The van der Waals surface area contributed by atoms with Crippen LogP contribution in [0.5, 0.6) is 11.5 Å². The van der Waals surface area contributed by atoms with Gasteiger partial charge < -0.3 is 10.5 Å². The van der Waals surface area contributed by atoms with Crippen molar-refractivity contribution in [3.05, 3.63) is 53.6 Å². The van der Waals surface area contributed by atoms with E-state index in [0.29, 0.717) is 17.0 Å². The maximum atomic E-state index is 8.78. The van der Waals surface area contributed by atoms with Crippen molar-refractivity contribution in [2.75, 3.05) is 5.73 Å². The Morgan fingerprint density at radius 1 is 1.16 bits per heavy atom. The lowest BCUT2D eigenvalue weighted by molar-refractivity contribution is 0.485. The van der Waals surface area contributed by atoms with Gasteiger partial charge in [0.25, 0.3) is 0 Å². The Bertz CT molecular complexity index is 597. The molecule has 0 aliphatic carbocycles. The molecular formula is C16H16N2O. The molecule has 19 heavy (non-hydrogen) atoms. The molecule has 2 N–H and O–H groups in total. The molecule has 0 unspecified atom stereocenters. The number of nitrogen functional groups attached to an aromatic ring is 1. The second-order valence-corrected chi connectivity index (χ2v) is 4.36. The predicted molar refractivity (Wildman–Crippen MR) is 76.1 cm³/mol. The minimum absolute atomic E-state index is 0.469. The monoisotopic (exact) mass is 252 g/mol. The summed E-state index contributed by atoms with van der Waals surface area (Å²) in [7, 11) is 0. The molecule has 0 saturated carbocycles. The molecule has 0 saturated heterocycles. The molecule has 2 rings (SSSR count). The van der Waals surface area contributed by atoms with Crippen LogP contribution in [0, 0.1) is 11.3 Å². The fourth-order valence-corrected chi connectivity index (χ4v) is 1.85. The van der Waals surface area contributed by atoms with Crippen molar-refractivity contribution < 1.29 is 4.74 Å². The molecule has 0 aromatic heterocycles. The van der Waals surface area contributed by atoms with Crippen LogP contribution in [-0.2, 0) is 6.42 Å². The maximum Gasteiger partial charge on any atom is 0.150 e. The normalized spacial score (nSPS) is 9.89. The minimum atomic E-state index is 0.469. The van der Waals surface area contributed by atoms with Crippen molar-refractivity contribution in [2.24, 2.45) is 0 Å². The number of nitrogens with two attached hydrogens (primary N) is 1. The van der Waals surface area contributed by atoms with Gasteiger partial charge in [0.15, 0.2) is 0 Å². The van der Waals surface area contributed by atoms with Crippen LogP contribution < -0.4 is 10.5 Å². The van der Waals surface area contributed by atoms with Crippen LogP contribution in [0.1, 0.15) is 24.5 Å². The lowest BCUT2D eigenvalue weighted by Crippen LogP contribution is -1.93. The van der Waals surface area contributed by atoms with Gasteiger partial charge in [0.05, 0.1) is 17.3 Å². The van der Waals surface area contributed by atoms with E-state index in [0.717, 1.165) is 18.6 Å². The number of nitrogens with zero attached hydrogens (tertiary/aromatic N) is 1. The quantitative estimate of drug-likeness (QED) is 0.840. The second kappa shape index (κ2) is 5.92. The van der Waals surface area contributed by atoms with Gasteiger partial charge >= 0.3 is 0 Å². The highest BCUT2D eigenvalue weighted by Crippen LogP contribution is 2.28. The van der Waals surface area contributed by atoms with E-state index >= 15 is 0 Å². The summed E-state index contributed by atoms with van der Waals surface area (Å²) in [5.74, 6) is 1.32. The molecule has 0 spiro atoms. The van der Waals surface area contributed by atoms with Crippen LogP contribution in [0.15, 0.2) is 42.5 Å². The average molecular weight is 252 g/mol. The largest absolute Gasteiger partial charge is 0.455 e. The number of hydrogen-bond donors (Lipinski definition) is 1. The third-order valence-electron chi connectivity index (χ3n) is 2.83.